The van der Waals surface area contributed by atoms with Gasteiger partial charge in [-0.15, -0.1) is 0 Å². The van der Waals surface area contributed by atoms with E-state index in [9.17, 15) is 4.79 Å². The number of nitrogens with one attached hydrogen (secondary N) is 1. The second-order valence-corrected chi connectivity index (χ2v) is 10.3. The molecule has 5 nitrogen and oxygen atoms in total. The van der Waals surface area contributed by atoms with Gasteiger partial charge in [-0.3, -0.25) is 4.79 Å². The van der Waals surface area contributed by atoms with Gasteiger partial charge in [-0.2, -0.15) is 0 Å². The second-order valence-electron chi connectivity index (χ2n) is 7.38. The monoisotopic (exact) mass is 419 g/mol. The topological polar surface area (TPSA) is 56.8 Å². The summed E-state index contributed by atoms with van der Waals surface area (Å²) in [6.07, 6.45) is 1.01. The molecule has 0 aliphatic heterocycles. The third-order valence-corrected chi connectivity index (χ3v) is 6.05. The zero-order chi connectivity index (χ0) is 20.5. The van der Waals surface area contributed by atoms with Gasteiger partial charge in [0, 0.05) is 36.3 Å². The van der Waals surface area contributed by atoms with Gasteiger partial charge < -0.3 is 19.5 Å². The van der Waals surface area contributed by atoms with Gasteiger partial charge in [0.25, 0.3) is 0 Å². The van der Waals surface area contributed by atoms with Crippen LogP contribution in [-0.2, 0) is 19.0 Å². The summed E-state index contributed by atoms with van der Waals surface area (Å²) in [5.74, 6) is 6.70. The van der Waals surface area contributed by atoms with Gasteiger partial charge in [0.1, 0.15) is 19.2 Å². The minimum absolute atomic E-state index is 0.146. The van der Waals surface area contributed by atoms with Crippen LogP contribution in [0.15, 0.2) is 0 Å². The zero-order valence-corrected chi connectivity index (χ0v) is 19.4. The Morgan fingerprint density at radius 3 is 2.52 bits per heavy atom. The number of hydrogen-bond acceptors (Lipinski definition) is 7. The van der Waals surface area contributed by atoms with Crippen molar-refractivity contribution < 1.29 is 19.0 Å². The van der Waals surface area contributed by atoms with Crippen molar-refractivity contribution >= 4 is 27.6 Å². The van der Waals surface area contributed by atoms with Crippen molar-refractivity contribution in [3.63, 3.8) is 0 Å². The molecule has 7 heteroatoms. The van der Waals surface area contributed by atoms with Crippen molar-refractivity contribution in [2.75, 3.05) is 38.9 Å². The van der Waals surface area contributed by atoms with Crippen molar-refractivity contribution in [3.05, 3.63) is 0 Å². The minimum Gasteiger partial charge on any atom is -0.463 e. The maximum atomic E-state index is 11.6. The lowest BCUT2D eigenvalue weighted by molar-refractivity contribution is -0.145. The quantitative estimate of drug-likeness (QED) is 0.141. The predicted octanol–water partition coefficient (Wildman–Crippen LogP) is 4.12. The van der Waals surface area contributed by atoms with Crippen molar-refractivity contribution in [1.82, 2.24) is 5.32 Å². The van der Waals surface area contributed by atoms with Crippen LogP contribution < -0.4 is 5.32 Å². The van der Waals surface area contributed by atoms with Crippen LogP contribution in [0.4, 0.5) is 0 Å². The summed E-state index contributed by atoms with van der Waals surface area (Å²) >= 11 is 0. The molecule has 0 amide bonds. The number of rotatable bonds is 15. The Labute approximate surface area is 173 Å². The van der Waals surface area contributed by atoms with E-state index < -0.39 is 0 Å². The Balaban J connectivity index is 3.47. The Hall–Kier alpha value is -0.390. The van der Waals surface area contributed by atoms with Crippen LogP contribution in [0.2, 0.25) is 0 Å². The fraction of sp³-hybridized carbons (Fsp3) is 0.850. The van der Waals surface area contributed by atoms with E-state index in [0.717, 1.165) is 6.54 Å². The molecule has 0 aliphatic carbocycles. The van der Waals surface area contributed by atoms with Gasteiger partial charge in [-0.25, -0.2) is 0 Å². The molecule has 0 spiro atoms. The van der Waals surface area contributed by atoms with Crippen LogP contribution in [0.25, 0.3) is 0 Å². The minimum atomic E-state index is -0.210. The molecule has 0 saturated heterocycles. The molecule has 0 fully saturated rings. The molecule has 0 unspecified atom stereocenters. The van der Waals surface area contributed by atoms with Crippen molar-refractivity contribution in [2.24, 2.45) is 5.92 Å². The predicted molar refractivity (Wildman–Crippen MR) is 117 cm³/mol. The van der Waals surface area contributed by atoms with Gasteiger partial charge in [0.15, 0.2) is 0 Å². The normalized spacial score (nSPS) is 11.6. The first-order chi connectivity index (χ1) is 12.7. The lowest BCUT2D eigenvalue weighted by Gasteiger charge is -2.24. The van der Waals surface area contributed by atoms with Crippen molar-refractivity contribution in [3.8, 4) is 11.8 Å². The molecule has 0 aromatic rings. The van der Waals surface area contributed by atoms with Gasteiger partial charge >= 0.3 is 5.97 Å². The average Bonchev–Trinajstić information content (AvgIpc) is 2.58. The van der Waals surface area contributed by atoms with E-state index in [4.69, 9.17) is 14.2 Å². The van der Waals surface area contributed by atoms with E-state index in [-0.39, 0.29) is 10.7 Å². The molecular formula is C20H37NO4S2. The third-order valence-electron chi connectivity index (χ3n) is 3.08. The molecule has 0 aliphatic rings. The molecule has 1 N–H and O–H groups in total. The molecule has 0 atom stereocenters. The van der Waals surface area contributed by atoms with Crippen LogP contribution in [0.1, 0.15) is 54.4 Å². The van der Waals surface area contributed by atoms with E-state index in [0.29, 0.717) is 57.2 Å². The lowest BCUT2D eigenvalue weighted by Crippen LogP contribution is -2.35. The Morgan fingerprint density at radius 2 is 1.85 bits per heavy atom. The maximum Gasteiger partial charge on any atom is 0.305 e. The van der Waals surface area contributed by atoms with Crippen LogP contribution in [-0.4, -0.2) is 55.7 Å². The van der Waals surface area contributed by atoms with Crippen molar-refractivity contribution in [1.29, 1.82) is 0 Å². The Morgan fingerprint density at radius 1 is 1.11 bits per heavy atom. The zero-order valence-electron chi connectivity index (χ0n) is 17.8. The molecule has 0 radical (unpaired) electrons. The molecular weight excluding hydrogens is 382 g/mol. The first-order valence-electron chi connectivity index (χ1n) is 9.56. The SMILES string of the molecule is CC(C)C#CCOCCCC(=O)OCCOCSSC(C)(C)CNC(C)C. The van der Waals surface area contributed by atoms with Gasteiger partial charge in [-0.1, -0.05) is 61.1 Å². The lowest BCUT2D eigenvalue weighted by atomic mass is 10.2. The number of carbonyl (C=O) groups excluding carboxylic acids is 1. The fourth-order valence-electron chi connectivity index (χ4n) is 1.73. The molecule has 0 bridgehead atoms. The summed E-state index contributed by atoms with van der Waals surface area (Å²) in [6.45, 7) is 15.4. The summed E-state index contributed by atoms with van der Waals surface area (Å²) in [5, 5.41) is 3.45. The van der Waals surface area contributed by atoms with Crippen LogP contribution in [0.5, 0.6) is 0 Å². The summed E-state index contributed by atoms with van der Waals surface area (Å²) in [4.78, 5) is 11.6. The largest absolute Gasteiger partial charge is 0.463 e. The first kappa shape index (κ1) is 26.6. The molecule has 0 aromatic carbocycles. The standard InChI is InChI=1S/C20H37NO4S2/c1-17(2)9-7-11-23-12-8-10-19(22)25-14-13-24-16-26-27-20(5,6)15-21-18(3)4/h17-18,21H,8,10-16H2,1-6H3. The number of carbonyl (C=O) groups is 1. The maximum absolute atomic E-state index is 11.6. The Bertz CT molecular complexity index is 445. The summed E-state index contributed by atoms with van der Waals surface area (Å²) in [6, 6.07) is 0.492. The molecule has 0 rings (SSSR count). The third kappa shape index (κ3) is 20.2. The smallest absolute Gasteiger partial charge is 0.305 e. The van der Waals surface area contributed by atoms with E-state index in [1.165, 1.54) is 0 Å². The summed E-state index contributed by atoms with van der Waals surface area (Å²) in [7, 11) is 3.49. The van der Waals surface area contributed by atoms with E-state index >= 15 is 0 Å². The van der Waals surface area contributed by atoms with Crippen molar-refractivity contribution in [2.45, 2.75) is 65.2 Å². The number of esters is 1. The highest BCUT2D eigenvalue weighted by Crippen LogP contribution is 2.35. The molecule has 158 valence electrons. The van der Waals surface area contributed by atoms with Gasteiger partial charge in [0.05, 0.1) is 6.61 Å². The van der Waals surface area contributed by atoms with Crippen LogP contribution >= 0.6 is 21.6 Å². The summed E-state index contributed by atoms with van der Waals surface area (Å²) in [5.41, 5.74) is 0. The Kier molecular flexibility index (Phi) is 16.3. The van der Waals surface area contributed by atoms with Crippen LogP contribution in [0, 0.1) is 17.8 Å². The number of hydrogen-bond donors (Lipinski definition) is 1. The second kappa shape index (κ2) is 16.6. The highest BCUT2D eigenvalue weighted by Gasteiger charge is 2.18. The number of ether oxygens (including phenoxy) is 3. The highest BCUT2D eigenvalue weighted by molar-refractivity contribution is 8.77. The van der Waals surface area contributed by atoms with Crippen LogP contribution in [0.3, 0.4) is 0 Å². The first-order valence-corrected chi connectivity index (χ1v) is 11.9. The molecule has 27 heavy (non-hydrogen) atoms. The molecule has 0 heterocycles. The van der Waals surface area contributed by atoms with E-state index in [1.807, 2.05) is 13.8 Å². The van der Waals surface area contributed by atoms with E-state index in [2.05, 4.69) is 44.9 Å². The fourth-order valence-corrected chi connectivity index (χ4v) is 3.91. The molecule has 0 aromatic heterocycles. The van der Waals surface area contributed by atoms with E-state index in [1.54, 1.807) is 21.6 Å². The summed E-state index contributed by atoms with van der Waals surface area (Å²) < 4.78 is 16.1. The van der Waals surface area contributed by atoms with Gasteiger partial charge in [-0.05, 0) is 20.3 Å². The van der Waals surface area contributed by atoms with Gasteiger partial charge in [0.2, 0.25) is 0 Å². The highest BCUT2D eigenvalue weighted by atomic mass is 33.1. The average molecular weight is 420 g/mol. The molecule has 0 saturated carbocycles.